The van der Waals surface area contributed by atoms with Gasteiger partial charge in [-0.05, 0) is 215 Å². The van der Waals surface area contributed by atoms with Gasteiger partial charge in [0.15, 0.2) is 33.5 Å². The molecule has 492 valence electrons. The number of benzene rings is 16. The zero-order chi connectivity index (χ0) is 68.7. The molecule has 0 saturated carbocycles. The van der Waals surface area contributed by atoms with Crippen molar-refractivity contribution in [1.29, 1.82) is 0 Å². The zero-order valence-electron chi connectivity index (χ0n) is 56.4. The van der Waals surface area contributed by atoms with E-state index in [9.17, 15) is 0 Å². The summed E-state index contributed by atoms with van der Waals surface area (Å²) >= 11 is 0. The Bertz CT molecular complexity index is 7730. The Hall–Kier alpha value is -14.3. The predicted molar refractivity (Wildman–Crippen MR) is 434 cm³/mol. The highest BCUT2D eigenvalue weighted by atomic mass is 16.4. The second-order valence-corrected chi connectivity index (χ2v) is 28.6. The van der Waals surface area contributed by atoms with Crippen LogP contribution in [0.5, 0.6) is 0 Å². The van der Waals surface area contributed by atoms with Gasteiger partial charge >= 0.3 is 0 Å². The Balaban J connectivity index is 0.625. The first-order valence-corrected chi connectivity index (χ1v) is 36.0. The van der Waals surface area contributed by atoms with Crippen molar-refractivity contribution in [3.05, 3.63) is 315 Å². The summed E-state index contributed by atoms with van der Waals surface area (Å²) in [6.45, 7) is 0.722. The lowest BCUT2D eigenvalue weighted by atomic mass is 9.92. The second-order valence-electron chi connectivity index (χ2n) is 28.6. The number of nitrogens with zero attached hydrogens (tertiary/aromatic N) is 3. The maximum absolute atomic E-state index is 6.88. The van der Waals surface area contributed by atoms with Crippen molar-refractivity contribution >= 4 is 197 Å². The van der Waals surface area contributed by atoms with E-state index in [-0.39, 0.29) is 0 Å². The van der Waals surface area contributed by atoms with E-state index in [1.165, 1.54) is 48.9 Å². The summed E-state index contributed by atoms with van der Waals surface area (Å²) in [6.07, 6.45) is 0. The van der Waals surface area contributed by atoms with Crippen molar-refractivity contribution in [2.45, 2.75) is 6.54 Å². The first kappa shape index (κ1) is 56.4. The molecule has 0 unspecified atom stereocenters. The average Bonchev–Trinajstić information content (AvgIpc) is 1.58. The standard InChI is InChI=1S/C97H53N3O6/c1-7-19-80-62(13-1)63-14-2-8-20-81(63)98(80)52-53-25-37-86-74(43-53)68-31-32-69-75-47-54(26-38-87(75)102-93(69)92(68)101-86)57-44-58(55-27-39-88-76(48-55)70-33-35-72-78-50-60(29-41-90(78)105-96(72)94(70)103-88)99-82-21-9-3-15-64(82)65-16-4-10-22-83(65)99)46-59(45-57)56-28-40-89-77(49-56)71-34-36-73-79-51-61(30-42-91(79)106-97(73)95(71)104-89)100-84-23-11-5-17-66(84)67-18-6-12-24-85(67)100/h1-51H,52H2. The van der Waals surface area contributed by atoms with Crippen LogP contribution in [0, 0.1) is 0 Å². The van der Waals surface area contributed by atoms with Crippen molar-refractivity contribution in [2.24, 2.45) is 0 Å². The highest BCUT2D eigenvalue weighted by molar-refractivity contribution is 6.23. The summed E-state index contributed by atoms with van der Waals surface area (Å²) in [6, 6.07) is 111. The summed E-state index contributed by atoms with van der Waals surface area (Å²) in [5.74, 6) is 0. The van der Waals surface area contributed by atoms with Gasteiger partial charge in [0.25, 0.3) is 0 Å². The molecule has 25 rings (SSSR count). The summed E-state index contributed by atoms with van der Waals surface area (Å²) in [5.41, 5.74) is 25.8. The third kappa shape index (κ3) is 7.81. The molecule has 9 aromatic heterocycles. The average molecular weight is 1360 g/mol. The topological polar surface area (TPSA) is 93.6 Å². The maximum atomic E-state index is 6.88. The van der Waals surface area contributed by atoms with Gasteiger partial charge in [-0.1, -0.05) is 133 Å². The number of hydrogen-bond donors (Lipinski definition) is 0. The van der Waals surface area contributed by atoms with Gasteiger partial charge in [0.2, 0.25) is 0 Å². The minimum atomic E-state index is 0.722. The summed E-state index contributed by atoms with van der Waals surface area (Å²) in [4.78, 5) is 0. The van der Waals surface area contributed by atoms with Crippen molar-refractivity contribution < 1.29 is 26.5 Å². The largest absolute Gasteiger partial charge is 0.452 e. The van der Waals surface area contributed by atoms with Gasteiger partial charge in [0.05, 0.1) is 22.1 Å². The van der Waals surface area contributed by atoms with Crippen LogP contribution in [0.25, 0.3) is 242 Å². The van der Waals surface area contributed by atoms with Gasteiger partial charge in [-0.2, -0.15) is 0 Å². The third-order valence-corrected chi connectivity index (χ3v) is 22.9. The van der Waals surface area contributed by atoms with E-state index in [0.29, 0.717) is 0 Å². The molecule has 0 bridgehead atoms. The molecule has 9 heterocycles. The van der Waals surface area contributed by atoms with E-state index >= 15 is 0 Å². The lowest BCUT2D eigenvalue weighted by Gasteiger charge is -2.12. The fourth-order valence-corrected chi connectivity index (χ4v) is 18.0. The van der Waals surface area contributed by atoms with Gasteiger partial charge in [0, 0.05) is 126 Å². The van der Waals surface area contributed by atoms with Crippen LogP contribution in [0.4, 0.5) is 0 Å². The van der Waals surface area contributed by atoms with Crippen LogP contribution in [-0.2, 0) is 6.54 Å². The third-order valence-electron chi connectivity index (χ3n) is 22.9. The Morgan fingerprint density at radius 2 is 0.434 bits per heavy atom. The zero-order valence-corrected chi connectivity index (χ0v) is 56.4. The number of rotatable bonds is 7. The van der Waals surface area contributed by atoms with Crippen LogP contribution in [-0.4, -0.2) is 13.7 Å². The van der Waals surface area contributed by atoms with Crippen molar-refractivity contribution in [1.82, 2.24) is 13.7 Å². The van der Waals surface area contributed by atoms with Gasteiger partial charge < -0.3 is 40.2 Å². The number of aromatic nitrogens is 3. The van der Waals surface area contributed by atoms with Crippen LogP contribution in [0.1, 0.15) is 5.56 Å². The van der Waals surface area contributed by atoms with E-state index < -0.39 is 0 Å². The van der Waals surface area contributed by atoms with Crippen molar-refractivity contribution in [2.75, 3.05) is 0 Å². The molecular weight excluding hydrogens is 1300 g/mol. The molecule has 0 saturated heterocycles. The number of para-hydroxylation sites is 6. The predicted octanol–water partition coefficient (Wildman–Crippen LogP) is 27.4. The summed E-state index contributed by atoms with van der Waals surface area (Å²) in [5, 5.41) is 19.5. The molecule has 16 aromatic carbocycles. The Kier molecular flexibility index (Phi) is 11.0. The molecule has 0 radical (unpaired) electrons. The lowest BCUT2D eigenvalue weighted by Crippen LogP contribution is -1.99. The lowest BCUT2D eigenvalue weighted by molar-refractivity contribution is 0.633. The fourth-order valence-electron chi connectivity index (χ4n) is 18.0. The normalized spacial score (nSPS) is 12.6. The molecule has 25 aromatic rings. The molecule has 0 spiro atoms. The molecule has 0 aliphatic rings. The minimum Gasteiger partial charge on any atom is -0.452 e. The SMILES string of the molecule is c1ccc2c(c1)c1ccccc1n2Cc1ccc2oc3c(ccc4c5cc(-c6cc(-c7ccc8oc9c(ccc%10c%11cc(-n%12c%13ccccc%13c%13ccccc%13%12)ccc%11oc%109)c8c7)cc(-c7ccc8oc9c(ccc%10c%11cc(-n%12c%13ccccc%13c%13ccccc%13%12)ccc%11oc%109)c8c7)c6)ccc5oc43)c2c1. The first-order chi connectivity index (χ1) is 52.5. The fraction of sp³-hybridized carbons (Fsp3) is 0.0103. The number of hydrogen-bond acceptors (Lipinski definition) is 6. The smallest absolute Gasteiger partial charge is 0.178 e. The Morgan fingerprint density at radius 1 is 0.179 bits per heavy atom. The Labute approximate surface area is 599 Å². The van der Waals surface area contributed by atoms with E-state index in [0.717, 1.165) is 205 Å². The van der Waals surface area contributed by atoms with E-state index in [1.54, 1.807) is 0 Å². The van der Waals surface area contributed by atoms with E-state index in [4.69, 9.17) is 26.5 Å². The molecule has 0 aliphatic carbocycles. The highest BCUT2D eigenvalue weighted by Gasteiger charge is 2.25. The molecule has 106 heavy (non-hydrogen) atoms. The first-order valence-electron chi connectivity index (χ1n) is 36.0. The van der Waals surface area contributed by atoms with Gasteiger partial charge in [-0.3, -0.25) is 0 Å². The maximum Gasteiger partial charge on any atom is 0.178 e. The minimum absolute atomic E-state index is 0.722. The quantitative estimate of drug-likeness (QED) is 0.158. The monoisotopic (exact) mass is 1360 g/mol. The molecular formula is C97H53N3O6. The van der Waals surface area contributed by atoms with E-state index in [1.807, 2.05) is 0 Å². The summed E-state index contributed by atoms with van der Waals surface area (Å²) in [7, 11) is 0. The molecule has 9 heteroatoms. The molecule has 9 nitrogen and oxygen atoms in total. The molecule has 0 atom stereocenters. The summed E-state index contributed by atoms with van der Waals surface area (Å²) < 4.78 is 48.2. The van der Waals surface area contributed by atoms with Crippen LogP contribution in [0.3, 0.4) is 0 Å². The van der Waals surface area contributed by atoms with Crippen LogP contribution in [0.15, 0.2) is 336 Å². The van der Waals surface area contributed by atoms with Crippen molar-refractivity contribution in [3.8, 4) is 44.8 Å². The van der Waals surface area contributed by atoms with Crippen molar-refractivity contribution in [3.63, 3.8) is 0 Å². The Morgan fingerprint density at radius 3 is 0.755 bits per heavy atom. The van der Waals surface area contributed by atoms with Gasteiger partial charge in [-0.25, -0.2) is 0 Å². The van der Waals surface area contributed by atoms with Gasteiger partial charge in [-0.15, -0.1) is 0 Å². The van der Waals surface area contributed by atoms with Gasteiger partial charge in [0.1, 0.15) is 33.5 Å². The molecule has 0 N–H and O–H groups in total. The number of furan rings is 6. The highest BCUT2D eigenvalue weighted by Crippen LogP contribution is 2.48. The van der Waals surface area contributed by atoms with Crippen LogP contribution >= 0.6 is 0 Å². The molecule has 0 amide bonds. The number of fused-ring (bicyclic) bond motifs is 30. The van der Waals surface area contributed by atoms with E-state index in [2.05, 4.69) is 323 Å². The van der Waals surface area contributed by atoms with Crippen LogP contribution < -0.4 is 0 Å². The molecule has 0 aliphatic heterocycles. The molecule has 0 fully saturated rings. The van der Waals surface area contributed by atoms with Crippen LogP contribution in [0.2, 0.25) is 0 Å². The second kappa shape index (κ2) is 20.7.